The van der Waals surface area contributed by atoms with Crippen molar-refractivity contribution >= 4 is 5.91 Å². The first kappa shape index (κ1) is 55.7. The van der Waals surface area contributed by atoms with Crippen LogP contribution < -0.4 is 5.32 Å². The zero-order valence-corrected chi connectivity index (χ0v) is 36.7. The van der Waals surface area contributed by atoms with Crippen LogP contribution in [0, 0.1) is 0 Å². The first-order valence-corrected chi connectivity index (χ1v) is 21.8. The largest absolute Gasteiger partial charge is 0.394 e. The highest BCUT2D eigenvalue weighted by Crippen LogP contribution is 2.38. The zero-order valence-electron chi connectivity index (χ0n) is 36.7. The van der Waals surface area contributed by atoms with Crippen molar-refractivity contribution in [3.63, 3.8) is 0 Å². The molecule has 0 spiro atoms. The van der Waals surface area contributed by atoms with Gasteiger partial charge < -0.3 is 144 Å². The first-order valence-electron chi connectivity index (χ1n) is 21.8. The van der Waals surface area contributed by atoms with Gasteiger partial charge in [-0.3, -0.25) is 4.79 Å². The topological polar surface area (TPSA) is 475 Å². The van der Waals surface area contributed by atoms with Crippen molar-refractivity contribution in [3.8, 4) is 0 Å². The first-order chi connectivity index (χ1) is 32.1. The fourth-order valence-corrected chi connectivity index (χ4v) is 8.78. The molecule has 18 N–H and O–H groups in total. The van der Waals surface area contributed by atoms with Crippen molar-refractivity contribution in [2.45, 2.75) is 205 Å². The molecule has 30 atom stereocenters. The predicted molar refractivity (Wildman–Crippen MR) is 208 cm³/mol. The fraction of sp³-hybridized carbons (Fsp3) is 0.974. The highest BCUT2D eigenvalue weighted by molar-refractivity contribution is 5.73. The van der Waals surface area contributed by atoms with E-state index in [-0.39, 0.29) is 0 Å². The van der Waals surface area contributed by atoms with E-state index < -0.39 is 217 Å². The average Bonchev–Trinajstić information content (AvgIpc) is 3.31. The number of carbonyl (C=O) groups is 1. The molecule has 6 aliphatic heterocycles. The van der Waals surface area contributed by atoms with Crippen LogP contribution in [0.1, 0.15) is 20.8 Å². The molecule has 6 heterocycles. The number of hydrogen-bond donors (Lipinski definition) is 18. The number of aliphatic hydroxyl groups is 17. The number of aliphatic hydroxyl groups excluding tert-OH is 17. The summed E-state index contributed by atoms with van der Waals surface area (Å²) in [6, 6.07) is -1.86. The highest BCUT2D eigenvalue weighted by atomic mass is 16.8. The molecule has 6 fully saturated rings. The SMILES string of the molecule is CC(=O)N[C@H]1[C@H](O[C@H]2[C@@H](O)[C@@H](CO)O[C@@H](O[C@H]3[C@H](O)[C@@H](O)[C@@H](O)O[C@@H]3CO)[C@@H]2O)O[C@H](CO)[C@@H](O[C@@H]2O[C@@H](C)[C@@H](O)[C@@H](O)[C@@H]2O)[C@@H]1O[C@@H]1O[C@H](CO)[C@H](O)[C@H](O)[C@H]1O[C@@H]1O[C@@H](C)[C@@H](O)[C@@H](O)[C@@H]1O. The number of rotatable bonds is 15. The Morgan fingerprint density at radius 1 is 0.382 bits per heavy atom. The minimum Gasteiger partial charge on any atom is -0.394 e. The van der Waals surface area contributed by atoms with Crippen molar-refractivity contribution in [1.29, 1.82) is 0 Å². The van der Waals surface area contributed by atoms with E-state index in [1.807, 2.05) is 0 Å². The maximum absolute atomic E-state index is 13.1. The molecule has 30 heteroatoms. The minimum atomic E-state index is -2.19. The molecule has 0 bridgehead atoms. The monoisotopic (exact) mass is 999 g/mol. The Labute approximate surface area is 386 Å². The molecule has 0 unspecified atom stereocenters. The molecule has 1 amide bonds. The molecule has 0 radical (unpaired) electrons. The standard InChI is InChI=1S/C38H65NO29/c1-8-16(45)20(49)25(54)35(58-8)65-29-14(7-43)63-34(67-31-19(48)12(5-41)61-37(27(31)56)64-28-13(6-42)60-33(57)24(53)23(28)52)15(39-10(3)44)30(29)66-38-32(22(51)18(47)11(4-40)62-38)68-36-26(55)21(50)17(46)9(2)59-36/h8-9,11-38,40-43,45-57H,4-7H2,1-3H3,(H,39,44)/t8-,9-,11+,12+,13+,14+,15+,16+,17+,18-,19-,20+,21+,22-,23+,24+,25-,26-,27+,28+,29+,30+,31-,32+,33-,34-,35-,36-,37-,38-/m0/s1. The van der Waals surface area contributed by atoms with Crippen LogP contribution >= 0.6 is 0 Å². The number of amides is 1. The molecule has 0 aromatic heterocycles. The van der Waals surface area contributed by atoms with Gasteiger partial charge in [-0.15, -0.1) is 0 Å². The van der Waals surface area contributed by atoms with Gasteiger partial charge in [0.1, 0.15) is 134 Å². The van der Waals surface area contributed by atoms with Gasteiger partial charge in [-0.1, -0.05) is 0 Å². The summed E-state index contributed by atoms with van der Waals surface area (Å²) in [5.41, 5.74) is 0. The van der Waals surface area contributed by atoms with Crippen LogP contribution in [0.25, 0.3) is 0 Å². The van der Waals surface area contributed by atoms with Gasteiger partial charge in [-0.05, 0) is 13.8 Å². The summed E-state index contributed by atoms with van der Waals surface area (Å²) < 4.78 is 63.9. The fourth-order valence-electron chi connectivity index (χ4n) is 8.78. The zero-order chi connectivity index (χ0) is 50.2. The van der Waals surface area contributed by atoms with E-state index in [2.05, 4.69) is 5.32 Å². The molecular formula is C38H65NO29. The molecule has 68 heavy (non-hydrogen) atoms. The van der Waals surface area contributed by atoms with Crippen molar-refractivity contribution in [3.05, 3.63) is 0 Å². The molecular weight excluding hydrogens is 934 g/mol. The molecule has 6 saturated heterocycles. The van der Waals surface area contributed by atoms with Crippen molar-refractivity contribution in [2.24, 2.45) is 0 Å². The summed E-state index contributed by atoms with van der Waals surface area (Å²) in [6.45, 7) is -0.357. The summed E-state index contributed by atoms with van der Waals surface area (Å²) in [4.78, 5) is 13.1. The lowest BCUT2D eigenvalue weighted by molar-refractivity contribution is -0.400. The van der Waals surface area contributed by atoms with Crippen molar-refractivity contribution in [2.75, 3.05) is 26.4 Å². The third-order valence-electron chi connectivity index (χ3n) is 12.8. The number of ether oxygens (including phenoxy) is 11. The van der Waals surface area contributed by atoms with Gasteiger partial charge in [0.2, 0.25) is 5.91 Å². The second kappa shape index (κ2) is 23.5. The number of nitrogens with one attached hydrogen (secondary N) is 1. The summed E-state index contributed by atoms with van der Waals surface area (Å²) in [5, 5.41) is 184. The molecule has 0 saturated carbocycles. The van der Waals surface area contributed by atoms with E-state index in [9.17, 15) is 91.6 Å². The third kappa shape index (κ3) is 11.4. The van der Waals surface area contributed by atoms with E-state index >= 15 is 0 Å². The Morgan fingerprint density at radius 2 is 0.794 bits per heavy atom. The van der Waals surface area contributed by atoms with Gasteiger partial charge in [0.05, 0.1) is 38.6 Å². The number of carbonyl (C=O) groups excluding carboxylic acids is 1. The lowest BCUT2D eigenvalue weighted by atomic mass is 9.93. The molecule has 6 rings (SSSR count). The van der Waals surface area contributed by atoms with Gasteiger partial charge in [-0.2, -0.15) is 0 Å². The molecule has 30 nitrogen and oxygen atoms in total. The Kier molecular flexibility index (Phi) is 19.2. The Morgan fingerprint density at radius 3 is 1.32 bits per heavy atom. The van der Waals surface area contributed by atoms with Crippen molar-refractivity contribution in [1.82, 2.24) is 5.32 Å². The molecule has 396 valence electrons. The van der Waals surface area contributed by atoms with Gasteiger partial charge in [-0.25, -0.2) is 0 Å². The van der Waals surface area contributed by atoms with E-state index in [1.165, 1.54) is 13.8 Å². The Bertz CT molecular complexity index is 1590. The second-order valence-corrected chi connectivity index (χ2v) is 17.5. The Hall–Kier alpha value is -1.65. The van der Waals surface area contributed by atoms with E-state index in [1.54, 1.807) is 0 Å². The van der Waals surface area contributed by atoms with Gasteiger partial charge >= 0.3 is 0 Å². The van der Waals surface area contributed by atoms with Crippen LogP contribution in [-0.2, 0) is 56.9 Å². The lowest BCUT2D eigenvalue weighted by Crippen LogP contribution is -2.71. The van der Waals surface area contributed by atoms with E-state index in [0.29, 0.717) is 0 Å². The van der Waals surface area contributed by atoms with Gasteiger partial charge in [0.25, 0.3) is 0 Å². The summed E-state index contributed by atoms with van der Waals surface area (Å²) in [6.07, 6.45) is -54.0. The molecule has 0 aromatic rings. The average molecular weight is 1000 g/mol. The smallest absolute Gasteiger partial charge is 0.217 e. The Balaban J connectivity index is 1.39. The van der Waals surface area contributed by atoms with Crippen LogP contribution in [-0.4, -0.2) is 303 Å². The summed E-state index contributed by atoms with van der Waals surface area (Å²) in [7, 11) is 0. The minimum absolute atomic E-state index is 0.894. The normalized spacial score (nSPS) is 52.6. The van der Waals surface area contributed by atoms with E-state index in [0.717, 1.165) is 6.92 Å². The highest BCUT2D eigenvalue weighted by Gasteiger charge is 2.59. The maximum atomic E-state index is 13.1. The second-order valence-electron chi connectivity index (χ2n) is 17.5. The predicted octanol–water partition coefficient (Wildman–Crippen LogP) is -11.9. The van der Waals surface area contributed by atoms with E-state index in [4.69, 9.17) is 52.1 Å². The molecule has 6 aliphatic rings. The molecule has 0 aliphatic carbocycles. The lowest BCUT2D eigenvalue weighted by Gasteiger charge is -2.52. The quantitative estimate of drug-likeness (QED) is 0.0724. The maximum Gasteiger partial charge on any atom is 0.217 e. The van der Waals surface area contributed by atoms with Crippen LogP contribution in [0.3, 0.4) is 0 Å². The third-order valence-corrected chi connectivity index (χ3v) is 12.8. The van der Waals surface area contributed by atoms with Crippen LogP contribution in [0.5, 0.6) is 0 Å². The number of hydrogen-bond acceptors (Lipinski definition) is 29. The molecule has 0 aromatic carbocycles. The summed E-state index contributed by atoms with van der Waals surface area (Å²) in [5.74, 6) is -0.894. The van der Waals surface area contributed by atoms with Crippen LogP contribution in [0.2, 0.25) is 0 Å². The van der Waals surface area contributed by atoms with Gasteiger partial charge in [0, 0.05) is 6.92 Å². The van der Waals surface area contributed by atoms with Crippen LogP contribution in [0.4, 0.5) is 0 Å². The summed E-state index contributed by atoms with van der Waals surface area (Å²) >= 11 is 0. The van der Waals surface area contributed by atoms with Crippen LogP contribution in [0.15, 0.2) is 0 Å². The van der Waals surface area contributed by atoms with Crippen molar-refractivity contribution < 1.29 is 144 Å². The van der Waals surface area contributed by atoms with Gasteiger partial charge in [0.15, 0.2) is 37.7 Å².